The molecule has 30 heavy (non-hydrogen) atoms. The number of aromatic nitrogens is 4. The van der Waals surface area contributed by atoms with Crippen LogP contribution in [-0.4, -0.2) is 39.8 Å². The minimum atomic E-state index is -4.73. The molecule has 11 heteroatoms. The number of rotatable bonds is 5. The van der Waals surface area contributed by atoms with Crippen LogP contribution in [0.2, 0.25) is 0 Å². The number of anilines is 1. The number of carbonyl (C=O) groups excluding carboxylic acids is 1. The third kappa shape index (κ3) is 4.35. The summed E-state index contributed by atoms with van der Waals surface area (Å²) in [7, 11) is -4.73. The molecule has 1 aromatic carbocycles. The van der Waals surface area contributed by atoms with Gasteiger partial charge in [-0.1, -0.05) is 20.8 Å². The van der Waals surface area contributed by atoms with E-state index in [1.165, 1.54) is 17.1 Å². The highest BCUT2D eigenvalue weighted by Gasteiger charge is 2.27. The number of hydrogen-bond acceptors (Lipinski definition) is 6. The summed E-state index contributed by atoms with van der Waals surface area (Å²) in [4.78, 5) is 20.4. The van der Waals surface area contributed by atoms with Crippen molar-refractivity contribution in [2.75, 3.05) is 5.32 Å². The average Bonchev–Trinajstić information content (AvgIpc) is 3.13. The van der Waals surface area contributed by atoms with Crippen LogP contribution in [0.3, 0.4) is 0 Å². The maximum atomic E-state index is 12.7. The van der Waals surface area contributed by atoms with Gasteiger partial charge in [-0.15, -0.1) is 0 Å². The molecule has 158 valence electrons. The normalized spacial score (nSPS) is 12.2. The molecule has 0 saturated heterocycles. The molecular formula is C19H19F2N5O3S. The molecule has 0 aliphatic heterocycles. The van der Waals surface area contributed by atoms with Gasteiger partial charge in [0.25, 0.3) is 11.9 Å². The number of halogens is 2. The Morgan fingerprint density at radius 1 is 1.10 bits per heavy atom. The van der Waals surface area contributed by atoms with Gasteiger partial charge < -0.3 is 5.32 Å². The summed E-state index contributed by atoms with van der Waals surface area (Å²) in [5.41, 5.74) is 0.455. The summed E-state index contributed by atoms with van der Waals surface area (Å²) in [5, 5.41) is 7.16. The zero-order valence-corrected chi connectivity index (χ0v) is 17.2. The molecule has 1 amide bonds. The van der Waals surface area contributed by atoms with Gasteiger partial charge in [-0.05, 0) is 30.3 Å². The smallest absolute Gasteiger partial charge is 0.306 e. The van der Waals surface area contributed by atoms with E-state index in [4.69, 9.17) is 0 Å². The zero-order chi connectivity index (χ0) is 22.1. The summed E-state index contributed by atoms with van der Waals surface area (Å²) in [6.45, 7) is 5.87. The van der Waals surface area contributed by atoms with Crippen LogP contribution >= 0.6 is 0 Å². The van der Waals surface area contributed by atoms with Gasteiger partial charge in [0.2, 0.25) is 9.84 Å². The van der Waals surface area contributed by atoms with Gasteiger partial charge in [-0.25, -0.2) is 18.4 Å². The fourth-order valence-corrected chi connectivity index (χ4v) is 3.20. The summed E-state index contributed by atoms with van der Waals surface area (Å²) < 4.78 is 49.8. The van der Waals surface area contributed by atoms with Crippen LogP contribution in [0.15, 0.2) is 53.7 Å². The van der Waals surface area contributed by atoms with Crippen molar-refractivity contribution in [1.29, 1.82) is 0 Å². The van der Waals surface area contributed by atoms with Crippen molar-refractivity contribution >= 4 is 21.6 Å². The van der Waals surface area contributed by atoms with Crippen molar-refractivity contribution in [2.45, 2.75) is 36.8 Å². The van der Waals surface area contributed by atoms with E-state index in [1.54, 1.807) is 12.1 Å². The van der Waals surface area contributed by atoms with Crippen molar-refractivity contribution in [3.8, 4) is 5.95 Å². The van der Waals surface area contributed by atoms with Crippen LogP contribution in [-0.2, 0) is 15.3 Å². The maximum absolute atomic E-state index is 12.7. The van der Waals surface area contributed by atoms with E-state index >= 15 is 0 Å². The van der Waals surface area contributed by atoms with Gasteiger partial charge in [0.15, 0.2) is 0 Å². The molecule has 8 nitrogen and oxygen atoms in total. The Morgan fingerprint density at radius 2 is 1.70 bits per heavy atom. The molecule has 3 aromatic rings. The topological polar surface area (TPSA) is 107 Å². The Kier molecular flexibility index (Phi) is 5.66. The molecule has 0 fully saturated rings. The van der Waals surface area contributed by atoms with Gasteiger partial charge in [0.05, 0.1) is 10.6 Å². The first-order chi connectivity index (χ1) is 14.0. The van der Waals surface area contributed by atoms with Gasteiger partial charge >= 0.3 is 5.76 Å². The Balaban J connectivity index is 1.92. The van der Waals surface area contributed by atoms with Gasteiger partial charge in [-0.2, -0.15) is 18.6 Å². The lowest BCUT2D eigenvalue weighted by atomic mass is 9.92. The van der Waals surface area contributed by atoms with Crippen LogP contribution in [0.5, 0.6) is 0 Å². The van der Waals surface area contributed by atoms with Crippen molar-refractivity contribution in [3.05, 3.63) is 60.0 Å². The Labute approximate surface area is 171 Å². The highest BCUT2D eigenvalue weighted by Crippen LogP contribution is 2.26. The molecule has 0 bridgehead atoms. The van der Waals surface area contributed by atoms with Crippen molar-refractivity contribution in [2.24, 2.45) is 0 Å². The quantitative estimate of drug-likeness (QED) is 0.660. The van der Waals surface area contributed by atoms with Crippen molar-refractivity contribution < 1.29 is 22.0 Å². The van der Waals surface area contributed by atoms with Gasteiger partial charge in [-0.3, -0.25) is 4.79 Å². The van der Waals surface area contributed by atoms with E-state index in [9.17, 15) is 22.0 Å². The largest absolute Gasteiger partial charge is 0.341 e. The van der Waals surface area contributed by atoms with Crippen LogP contribution in [0, 0.1) is 0 Å². The predicted octanol–water partition coefficient (Wildman–Crippen LogP) is 3.21. The number of amides is 1. The van der Waals surface area contributed by atoms with Crippen LogP contribution in [0.1, 0.15) is 36.8 Å². The van der Waals surface area contributed by atoms with Crippen LogP contribution < -0.4 is 5.32 Å². The second kappa shape index (κ2) is 7.90. The second-order valence-electron chi connectivity index (χ2n) is 7.41. The summed E-state index contributed by atoms with van der Waals surface area (Å²) >= 11 is 0. The lowest BCUT2D eigenvalue weighted by Gasteiger charge is -2.13. The molecule has 0 spiro atoms. The molecule has 0 aliphatic rings. The molecule has 1 N–H and O–H groups in total. The SMILES string of the molecule is CC(C)(C)c1cc(NC(=O)c2ccc(S(=O)(=O)C(F)F)cc2)n(-c2ncccn2)n1. The van der Waals surface area contributed by atoms with E-state index in [-0.39, 0.29) is 16.9 Å². The standard InChI is InChI=1S/C19H19F2N5O3S/c1-19(2,3)14-11-15(26(25-14)18-22-9-4-10-23-18)24-16(27)12-5-7-13(8-6-12)30(28,29)17(20)21/h4-11,17H,1-3H3,(H,24,27). The number of hydrogen-bond donors (Lipinski definition) is 1. The summed E-state index contributed by atoms with van der Waals surface area (Å²) in [6, 6.07) is 7.59. The fraction of sp³-hybridized carbons (Fsp3) is 0.263. The molecule has 3 rings (SSSR count). The molecule has 0 saturated carbocycles. The first-order valence-corrected chi connectivity index (χ1v) is 10.4. The molecule has 0 atom stereocenters. The van der Waals surface area contributed by atoms with Gasteiger partial charge in [0, 0.05) is 29.4 Å². The first kappa shape index (κ1) is 21.5. The number of nitrogens with zero attached hydrogens (tertiary/aromatic N) is 4. The van der Waals surface area contributed by atoms with E-state index in [1.807, 2.05) is 20.8 Å². The molecule has 0 unspecified atom stereocenters. The van der Waals surface area contributed by atoms with Gasteiger partial charge in [0.1, 0.15) is 5.82 Å². The molecule has 2 aromatic heterocycles. The predicted molar refractivity (Wildman–Crippen MR) is 105 cm³/mol. The Hall–Kier alpha value is -3.21. The van der Waals surface area contributed by atoms with E-state index < -0.39 is 26.4 Å². The second-order valence-corrected chi connectivity index (χ2v) is 9.33. The third-order valence-electron chi connectivity index (χ3n) is 4.14. The number of alkyl halides is 2. The van der Waals surface area contributed by atoms with Crippen molar-refractivity contribution in [1.82, 2.24) is 19.7 Å². The number of nitrogens with one attached hydrogen (secondary N) is 1. The minimum Gasteiger partial charge on any atom is -0.306 e. The highest BCUT2D eigenvalue weighted by atomic mass is 32.2. The first-order valence-electron chi connectivity index (χ1n) is 8.81. The highest BCUT2D eigenvalue weighted by molar-refractivity contribution is 7.91. The monoisotopic (exact) mass is 435 g/mol. The van der Waals surface area contributed by atoms with E-state index in [2.05, 4.69) is 20.4 Å². The molecular weight excluding hydrogens is 416 g/mol. The third-order valence-corrected chi connectivity index (χ3v) is 5.54. The number of benzene rings is 1. The Morgan fingerprint density at radius 3 is 2.23 bits per heavy atom. The summed E-state index contributed by atoms with van der Waals surface area (Å²) in [5.74, 6) is -3.55. The molecule has 0 radical (unpaired) electrons. The lowest BCUT2D eigenvalue weighted by molar-refractivity contribution is 0.102. The average molecular weight is 435 g/mol. The number of carbonyl (C=O) groups is 1. The molecule has 2 heterocycles. The van der Waals surface area contributed by atoms with E-state index in [0.717, 1.165) is 24.3 Å². The summed E-state index contributed by atoms with van der Waals surface area (Å²) in [6.07, 6.45) is 3.07. The zero-order valence-electron chi connectivity index (χ0n) is 16.4. The lowest BCUT2D eigenvalue weighted by Crippen LogP contribution is -2.17. The van der Waals surface area contributed by atoms with Crippen LogP contribution in [0.4, 0.5) is 14.6 Å². The minimum absolute atomic E-state index is 0.0854. The maximum Gasteiger partial charge on any atom is 0.341 e. The fourth-order valence-electron chi connectivity index (χ4n) is 2.48. The molecule has 0 aliphatic carbocycles. The van der Waals surface area contributed by atoms with E-state index in [0.29, 0.717) is 11.5 Å². The number of sulfone groups is 1. The Bertz CT molecular complexity index is 1160. The van der Waals surface area contributed by atoms with Crippen molar-refractivity contribution in [3.63, 3.8) is 0 Å². The van der Waals surface area contributed by atoms with Crippen LogP contribution in [0.25, 0.3) is 5.95 Å².